The summed E-state index contributed by atoms with van der Waals surface area (Å²) in [5.41, 5.74) is 0.171. The largest absolute Gasteiger partial charge is 0.497 e. The number of imidazole rings is 1. The molecular weight excluding hydrogens is 457 g/mol. The molecule has 0 aliphatic carbocycles. The highest BCUT2D eigenvalue weighted by Crippen LogP contribution is 2.33. The minimum Gasteiger partial charge on any atom is -0.497 e. The van der Waals surface area contributed by atoms with Gasteiger partial charge in [0, 0.05) is 18.1 Å². The fourth-order valence-corrected chi connectivity index (χ4v) is 3.77. The smallest absolute Gasteiger partial charge is 0.416 e. The van der Waals surface area contributed by atoms with Crippen molar-refractivity contribution in [1.29, 1.82) is 0 Å². The summed E-state index contributed by atoms with van der Waals surface area (Å²) in [4.78, 5) is 20.7. The molecule has 0 radical (unpaired) electrons. The Morgan fingerprint density at radius 1 is 1.18 bits per heavy atom. The summed E-state index contributed by atoms with van der Waals surface area (Å²) < 4.78 is 47.8. The Kier molecular flexibility index (Phi) is 6.36. The Morgan fingerprint density at radius 3 is 2.64 bits per heavy atom. The number of benzene rings is 2. The Labute approximate surface area is 190 Å². The molecule has 4 rings (SSSR count). The minimum absolute atomic E-state index is 0.0283. The van der Waals surface area contributed by atoms with Crippen LogP contribution in [0.25, 0.3) is 11.4 Å². The predicted octanol–water partition coefficient (Wildman–Crippen LogP) is 4.21. The average Bonchev–Trinajstić information content (AvgIpc) is 3.49. The summed E-state index contributed by atoms with van der Waals surface area (Å²) in [6, 6.07) is 10.3. The van der Waals surface area contributed by atoms with Gasteiger partial charge in [0.25, 0.3) is 0 Å². The Morgan fingerprint density at radius 2 is 1.97 bits per heavy atom. The molecule has 0 aliphatic heterocycles. The molecule has 1 N–H and O–H groups in total. The lowest BCUT2D eigenvalue weighted by atomic mass is 10.1. The van der Waals surface area contributed by atoms with Crippen LogP contribution in [0.4, 0.5) is 18.9 Å². The van der Waals surface area contributed by atoms with Gasteiger partial charge in [-0.3, -0.25) is 9.36 Å². The topological polar surface area (TPSA) is 86.9 Å². The standard InChI is InChI=1S/C21H17F3N6O2S/c1-32-16-5-3-15(4-6-16)29-9-8-26-20(29)33-11-19(31)28-17-10-14(21(22,23)24)2-7-18(17)30-13-25-12-27-30/h2-10,12-13H,11H2,1H3,(H,28,31). The third-order valence-corrected chi connectivity index (χ3v) is 5.52. The maximum atomic E-state index is 13.2. The van der Waals surface area contributed by atoms with Crippen LogP contribution in [0.2, 0.25) is 0 Å². The first-order valence-corrected chi connectivity index (χ1v) is 10.5. The second-order valence-electron chi connectivity index (χ2n) is 6.68. The average molecular weight is 474 g/mol. The van der Waals surface area contributed by atoms with Crippen LogP contribution in [0.15, 0.2) is 72.7 Å². The summed E-state index contributed by atoms with van der Waals surface area (Å²) in [5, 5.41) is 7.03. The van der Waals surface area contributed by atoms with E-state index in [0.717, 1.165) is 29.6 Å². The van der Waals surface area contributed by atoms with E-state index in [9.17, 15) is 18.0 Å². The van der Waals surface area contributed by atoms with Gasteiger partial charge in [-0.15, -0.1) is 0 Å². The van der Waals surface area contributed by atoms with Crippen molar-refractivity contribution in [2.24, 2.45) is 0 Å². The van der Waals surface area contributed by atoms with Gasteiger partial charge in [0.1, 0.15) is 18.4 Å². The zero-order valence-electron chi connectivity index (χ0n) is 17.2. The fourth-order valence-electron chi connectivity index (χ4n) is 3.00. The van der Waals surface area contributed by atoms with Gasteiger partial charge in [0.2, 0.25) is 5.91 Å². The number of nitrogens with one attached hydrogen (secondary N) is 1. The molecule has 0 bridgehead atoms. The van der Waals surface area contributed by atoms with E-state index >= 15 is 0 Å². The van der Waals surface area contributed by atoms with Crippen molar-refractivity contribution in [3.63, 3.8) is 0 Å². The second kappa shape index (κ2) is 9.36. The van der Waals surface area contributed by atoms with Crippen LogP contribution in [0, 0.1) is 0 Å². The molecule has 0 spiro atoms. The van der Waals surface area contributed by atoms with Crippen LogP contribution >= 0.6 is 11.8 Å². The van der Waals surface area contributed by atoms with Gasteiger partial charge in [-0.1, -0.05) is 11.8 Å². The van der Waals surface area contributed by atoms with Crippen LogP contribution in [0.1, 0.15) is 5.56 Å². The SMILES string of the molecule is COc1ccc(-n2ccnc2SCC(=O)Nc2cc(C(F)(F)F)ccc2-n2cncn2)cc1. The summed E-state index contributed by atoms with van der Waals surface area (Å²) in [5.74, 6) is 0.141. The van der Waals surface area contributed by atoms with Crippen molar-refractivity contribution in [1.82, 2.24) is 24.3 Å². The molecule has 4 aromatic rings. The van der Waals surface area contributed by atoms with E-state index in [1.54, 1.807) is 36.2 Å². The number of anilines is 1. The van der Waals surface area contributed by atoms with Gasteiger partial charge in [0.05, 0.1) is 29.8 Å². The highest BCUT2D eigenvalue weighted by atomic mass is 32.2. The molecule has 33 heavy (non-hydrogen) atoms. The molecular formula is C21H17F3N6O2S. The molecule has 0 aliphatic rings. The lowest BCUT2D eigenvalue weighted by Gasteiger charge is -2.14. The Hall–Kier alpha value is -3.80. The molecule has 2 aromatic carbocycles. The lowest BCUT2D eigenvalue weighted by Crippen LogP contribution is -2.17. The zero-order chi connectivity index (χ0) is 23.4. The minimum atomic E-state index is -4.56. The molecule has 1 amide bonds. The maximum Gasteiger partial charge on any atom is 0.416 e. The molecule has 0 saturated carbocycles. The molecule has 0 fully saturated rings. The van der Waals surface area contributed by atoms with E-state index in [0.29, 0.717) is 10.9 Å². The molecule has 2 aromatic heterocycles. The van der Waals surface area contributed by atoms with Crippen LogP contribution in [-0.4, -0.2) is 43.1 Å². The van der Waals surface area contributed by atoms with Crippen LogP contribution in [0.3, 0.4) is 0 Å². The number of alkyl halides is 3. The van der Waals surface area contributed by atoms with Crippen molar-refractivity contribution >= 4 is 23.4 Å². The first-order chi connectivity index (χ1) is 15.8. The van der Waals surface area contributed by atoms with E-state index in [1.165, 1.54) is 23.4 Å². The van der Waals surface area contributed by atoms with E-state index in [-0.39, 0.29) is 17.1 Å². The third-order valence-electron chi connectivity index (χ3n) is 4.55. The number of carbonyl (C=O) groups excluding carboxylic acids is 1. The van der Waals surface area contributed by atoms with Gasteiger partial charge in [0.15, 0.2) is 5.16 Å². The first kappa shape index (κ1) is 22.4. The summed E-state index contributed by atoms with van der Waals surface area (Å²) >= 11 is 1.15. The van der Waals surface area contributed by atoms with Crippen LogP contribution in [-0.2, 0) is 11.0 Å². The zero-order valence-corrected chi connectivity index (χ0v) is 18.0. The van der Waals surface area contributed by atoms with Crippen molar-refractivity contribution < 1.29 is 22.7 Å². The van der Waals surface area contributed by atoms with Gasteiger partial charge in [-0.2, -0.15) is 18.3 Å². The number of ether oxygens (including phenoxy) is 1. The van der Waals surface area contributed by atoms with Crippen molar-refractivity contribution in [3.05, 3.63) is 73.1 Å². The number of methoxy groups -OCH3 is 1. The van der Waals surface area contributed by atoms with Crippen molar-refractivity contribution in [2.75, 3.05) is 18.2 Å². The number of nitrogens with zero attached hydrogens (tertiary/aromatic N) is 5. The van der Waals surface area contributed by atoms with E-state index < -0.39 is 17.6 Å². The highest BCUT2D eigenvalue weighted by Gasteiger charge is 2.31. The first-order valence-electron chi connectivity index (χ1n) is 9.52. The molecule has 0 saturated heterocycles. The molecule has 170 valence electrons. The summed E-state index contributed by atoms with van der Waals surface area (Å²) in [6.45, 7) is 0. The number of carbonyl (C=O) groups is 1. The molecule has 0 unspecified atom stereocenters. The number of hydrogen-bond donors (Lipinski definition) is 1. The van der Waals surface area contributed by atoms with Crippen molar-refractivity contribution in [2.45, 2.75) is 11.3 Å². The third kappa shape index (κ3) is 5.17. The fraction of sp³-hybridized carbons (Fsp3) is 0.143. The highest BCUT2D eigenvalue weighted by molar-refractivity contribution is 7.99. The number of halogens is 3. The van der Waals surface area contributed by atoms with E-state index in [2.05, 4.69) is 20.4 Å². The van der Waals surface area contributed by atoms with Crippen LogP contribution < -0.4 is 10.1 Å². The van der Waals surface area contributed by atoms with E-state index in [1.807, 2.05) is 12.1 Å². The number of rotatable bonds is 7. The quantitative estimate of drug-likeness (QED) is 0.404. The van der Waals surface area contributed by atoms with Gasteiger partial charge >= 0.3 is 6.18 Å². The molecule has 8 nitrogen and oxygen atoms in total. The van der Waals surface area contributed by atoms with Gasteiger partial charge in [-0.05, 0) is 42.5 Å². The predicted molar refractivity (Wildman–Crippen MR) is 116 cm³/mol. The normalized spacial score (nSPS) is 11.4. The van der Waals surface area contributed by atoms with E-state index in [4.69, 9.17) is 4.74 Å². The number of thioether (sulfide) groups is 1. The van der Waals surface area contributed by atoms with Crippen molar-refractivity contribution in [3.8, 4) is 17.1 Å². The molecule has 12 heteroatoms. The van der Waals surface area contributed by atoms with Gasteiger partial charge in [-0.25, -0.2) is 14.6 Å². The number of aromatic nitrogens is 5. The lowest BCUT2D eigenvalue weighted by molar-refractivity contribution is -0.137. The molecule has 2 heterocycles. The number of hydrogen-bond acceptors (Lipinski definition) is 6. The summed E-state index contributed by atoms with van der Waals surface area (Å²) in [6.07, 6.45) is 1.37. The van der Waals surface area contributed by atoms with Crippen LogP contribution in [0.5, 0.6) is 5.75 Å². The summed E-state index contributed by atoms with van der Waals surface area (Å²) in [7, 11) is 1.57. The van der Waals surface area contributed by atoms with Gasteiger partial charge < -0.3 is 10.1 Å². The maximum absolute atomic E-state index is 13.2. The second-order valence-corrected chi connectivity index (χ2v) is 7.63. The molecule has 0 atom stereocenters. The monoisotopic (exact) mass is 474 g/mol. The Bertz CT molecular complexity index is 1240. The number of amides is 1. The Balaban J connectivity index is 1.50.